The summed E-state index contributed by atoms with van der Waals surface area (Å²) in [5.41, 5.74) is 2.21. The van der Waals surface area contributed by atoms with Crippen LogP contribution in [0.5, 0.6) is 0 Å². The lowest BCUT2D eigenvalue weighted by molar-refractivity contribution is -0.456. The summed E-state index contributed by atoms with van der Waals surface area (Å²) in [5.74, 6) is 0.277. The minimum Gasteiger partial charge on any atom is -0.391 e. The molecule has 4 nitrogen and oxygen atoms in total. The number of allylic oxidation sites excluding steroid dienone is 9. The van der Waals surface area contributed by atoms with Crippen molar-refractivity contribution in [2.24, 2.45) is 5.92 Å². The van der Waals surface area contributed by atoms with E-state index in [9.17, 15) is 9.59 Å². The van der Waals surface area contributed by atoms with Crippen molar-refractivity contribution < 1.29 is 14.2 Å². The summed E-state index contributed by atoms with van der Waals surface area (Å²) in [7, 11) is 0. The second kappa shape index (κ2) is 19.5. The minimum absolute atomic E-state index is 0.00323. The second-order valence-corrected chi connectivity index (χ2v) is 11.0. The third-order valence-electron chi connectivity index (χ3n) is 7.68. The van der Waals surface area contributed by atoms with Gasteiger partial charge in [-0.2, -0.15) is 0 Å². The van der Waals surface area contributed by atoms with Crippen molar-refractivity contribution in [3.05, 3.63) is 109 Å². The van der Waals surface area contributed by atoms with Crippen LogP contribution < -0.4 is 5.32 Å². The van der Waals surface area contributed by atoms with Gasteiger partial charge in [-0.3, -0.25) is 9.59 Å². The molecule has 0 amide bonds. The lowest BCUT2D eigenvalue weighted by Crippen LogP contribution is -2.22. The third-order valence-corrected chi connectivity index (χ3v) is 7.68. The van der Waals surface area contributed by atoms with Gasteiger partial charge in [-0.25, -0.2) is 4.58 Å². The molecule has 0 radical (unpaired) electrons. The Morgan fingerprint density at radius 1 is 0.927 bits per heavy atom. The Bertz CT molecular complexity index is 1150. The highest BCUT2D eigenvalue weighted by atomic mass is 16.1. The molecule has 0 bridgehead atoms. The van der Waals surface area contributed by atoms with Gasteiger partial charge < -0.3 is 5.32 Å². The molecule has 1 aliphatic carbocycles. The fourth-order valence-corrected chi connectivity index (χ4v) is 5.23. The van der Waals surface area contributed by atoms with Gasteiger partial charge in [-0.15, -0.1) is 0 Å². The van der Waals surface area contributed by atoms with Crippen LogP contribution in [0.25, 0.3) is 0 Å². The van der Waals surface area contributed by atoms with Crippen LogP contribution in [0.1, 0.15) is 93.8 Å². The summed E-state index contributed by atoms with van der Waals surface area (Å²) in [6.07, 6.45) is 35.3. The fraction of sp³-hybridized carbons (Fsp3) is 0.432. The fourth-order valence-electron chi connectivity index (χ4n) is 5.23. The number of benzene rings is 1. The van der Waals surface area contributed by atoms with E-state index in [1.165, 1.54) is 57.8 Å². The van der Waals surface area contributed by atoms with E-state index >= 15 is 0 Å². The van der Waals surface area contributed by atoms with E-state index in [-0.39, 0.29) is 17.5 Å². The zero-order chi connectivity index (χ0) is 29.0. The molecule has 1 unspecified atom stereocenters. The zero-order valence-corrected chi connectivity index (χ0v) is 24.8. The molecule has 2 aliphatic rings. The van der Waals surface area contributed by atoms with Gasteiger partial charge in [0.15, 0.2) is 17.8 Å². The van der Waals surface area contributed by atoms with Gasteiger partial charge in [0.1, 0.15) is 12.8 Å². The number of ketones is 2. The van der Waals surface area contributed by atoms with Crippen molar-refractivity contribution in [3.63, 3.8) is 0 Å². The maximum Gasteiger partial charge on any atom is 0.193 e. The van der Waals surface area contributed by atoms with Crippen molar-refractivity contribution in [2.75, 3.05) is 13.1 Å². The van der Waals surface area contributed by atoms with Crippen molar-refractivity contribution in [3.8, 4) is 0 Å². The first-order valence-electron chi connectivity index (χ1n) is 15.7. The monoisotopic (exact) mass is 553 g/mol. The molecule has 1 atom stereocenters. The summed E-state index contributed by atoms with van der Waals surface area (Å²) < 4.78 is 2.26. The Morgan fingerprint density at radius 3 is 2.27 bits per heavy atom. The maximum absolute atomic E-state index is 12.6. The standard InChI is InChI=1S/C37H49N2O2/c1-2-19-32(36(40)33-20-13-11-14-21-33)24-28-38-27-17-9-7-5-3-4-6-8-10-18-29-39-30-25-35(26-31-39)37(41)34-22-15-12-16-23-34/h2,11,13-15,19-25,28,30-31,35,38H,1,3-10,12,16-18,26-27,29H2/q+1/b28-24-,32-19+. The molecule has 4 heteroatoms. The minimum atomic E-state index is 0.00323. The molecule has 0 aromatic heterocycles. The number of unbranched alkanes of at least 4 members (excludes halogenated alkanes) is 9. The number of carbonyl (C=O) groups excluding carboxylic acids is 2. The molecule has 1 aliphatic heterocycles. The Hall–Kier alpha value is -3.53. The van der Waals surface area contributed by atoms with Gasteiger partial charge in [-0.05, 0) is 44.0 Å². The highest BCUT2D eigenvalue weighted by Gasteiger charge is 2.23. The number of nitrogens with zero attached hydrogens (tertiary/aromatic N) is 1. The molecule has 0 saturated carbocycles. The summed E-state index contributed by atoms with van der Waals surface area (Å²) in [6.45, 7) is 5.71. The van der Waals surface area contributed by atoms with Crippen LogP contribution in [-0.2, 0) is 4.79 Å². The molecule has 0 spiro atoms. The molecular formula is C37H49N2O2+. The van der Waals surface area contributed by atoms with Crippen LogP contribution >= 0.6 is 0 Å². The highest BCUT2D eigenvalue weighted by molar-refractivity contribution is 6.10. The normalized spacial score (nSPS) is 16.9. The molecule has 1 aromatic carbocycles. The second-order valence-electron chi connectivity index (χ2n) is 11.0. The van der Waals surface area contributed by atoms with Crippen LogP contribution in [0.15, 0.2) is 103 Å². The first-order chi connectivity index (χ1) is 20.2. The molecule has 0 saturated heterocycles. The SMILES string of the molecule is C=C/C=C(\C=C/NCCCCCCCCCCCC[N+]1=CCC(C(=O)C2=CCCC=C2)C=C1)C(=O)c1ccccc1. The van der Waals surface area contributed by atoms with E-state index in [0.29, 0.717) is 11.1 Å². The first kappa shape index (κ1) is 32.0. The Kier molecular flexibility index (Phi) is 15.2. The van der Waals surface area contributed by atoms with Gasteiger partial charge in [0.25, 0.3) is 0 Å². The predicted molar refractivity (Wildman–Crippen MR) is 172 cm³/mol. The molecule has 1 N–H and O–H groups in total. The molecule has 218 valence electrons. The summed E-state index contributed by atoms with van der Waals surface area (Å²) >= 11 is 0. The van der Waals surface area contributed by atoms with Crippen LogP contribution in [0, 0.1) is 5.92 Å². The molecule has 0 fully saturated rings. The van der Waals surface area contributed by atoms with Gasteiger partial charge in [0, 0.05) is 36.1 Å². The van der Waals surface area contributed by atoms with Crippen molar-refractivity contribution in [2.45, 2.75) is 83.5 Å². The van der Waals surface area contributed by atoms with Gasteiger partial charge in [0.05, 0.1) is 5.92 Å². The largest absolute Gasteiger partial charge is 0.391 e. The molecule has 41 heavy (non-hydrogen) atoms. The van der Waals surface area contributed by atoms with E-state index in [1.807, 2.05) is 48.7 Å². The summed E-state index contributed by atoms with van der Waals surface area (Å²) in [5, 5.41) is 3.32. The topological polar surface area (TPSA) is 49.2 Å². The number of hydrogen-bond donors (Lipinski definition) is 1. The average Bonchev–Trinajstić information content (AvgIpc) is 3.02. The van der Waals surface area contributed by atoms with Crippen LogP contribution in [-0.4, -0.2) is 35.4 Å². The van der Waals surface area contributed by atoms with Crippen molar-refractivity contribution in [1.82, 2.24) is 5.32 Å². The Morgan fingerprint density at radius 2 is 1.63 bits per heavy atom. The number of rotatable bonds is 20. The lowest BCUT2D eigenvalue weighted by atomic mass is 9.91. The number of carbonyl (C=O) groups is 2. The van der Waals surface area contributed by atoms with E-state index in [4.69, 9.17) is 0 Å². The Balaban J connectivity index is 1.13. The highest BCUT2D eigenvalue weighted by Crippen LogP contribution is 2.19. The number of hydrogen-bond acceptors (Lipinski definition) is 3. The van der Waals surface area contributed by atoms with Crippen LogP contribution in [0.2, 0.25) is 0 Å². The van der Waals surface area contributed by atoms with E-state index in [2.05, 4.69) is 47.1 Å². The quantitative estimate of drug-likeness (QED) is 0.0579. The summed E-state index contributed by atoms with van der Waals surface area (Å²) in [4.78, 5) is 25.2. The van der Waals surface area contributed by atoms with Crippen LogP contribution in [0.4, 0.5) is 0 Å². The van der Waals surface area contributed by atoms with Gasteiger partial charge in [0.2, 0.25) is 0 Å². The third kappa shape index (κ3) is 12.3. The zero-order valence-electron chi connectivity index (χ0n) is 24.8. The molecule has 3 rings (SSSR count). The van der Waals surface area contributed by atoms with Crippen molar-refractivity contribution in [1.29, 1.82) is 0 Å². The lowest BCUT2D eigenvalue weighted by Gasteiger charge is -2.13. The average molecular weight is 554 g/mol. The summed E-state index contributed by atoms with van der Waals surface area (Å²) in [6, 6.07) is 9.34. The first-order valence-corrected chi connectivity index (χ1v) is 15.7. The Labute approximate surface area is 248 Å². The molecular weight excluding hydrogens is 504 g/mol. The number of Topliss-reactive ketones (excluding diaryl/α,β-unsaturated/α-hetero) is 2. The smallest absolute Gasteiger partial charge is 0.193 e. The maximum atomic E-state index is 12.6. The van der Waals surface area contributed by atoms with Crippen molar-refractivity contribution >= 4 is 17.8 Å². The number of nitrogens with one attached hydrogen (secondary N) is 1. The van der Waals surface area contributed by atoms with Crippen LogP contribution in [0.3, 0.4) is 0 Å². The van der Waals surface area contributed by atoms with Gasteiger partial charge in [-0.1, -0.05) is 112 Å². The van der Waals surface area contributed by atoms with E-state index < -0.39 is 0 Å². The predicted octanol–water partition coefficient (Wildman–Crippen LogP) is 8.45. The molecule has 1 heterocycles. The van der Waals surface area contributed by atoms with Gasteiger partial charge >= 0.3 is 0 Å². The molecule has 1 aromatic rings. The van der Waals surface area contributed by atoms with E-state index in [0.717, 1.165) is 44.3 Å². The van der Waals surface area contributed by atoms with E-state index in [1.54, 1.807) is 12.2 Å².